The molecule has 0 fully saturated rings. The Morgan fingerprint density at radius 2 is 2.06 bits per heavy atom. The Hall–Kier alpha value is -0.770. The standard InChI is InChI=1S/C14H23ClN2O/c1-10(2)9-17(3)12(8-16)14-11(15)6-5-7-13(14)18-4/h5-7,10,12H,8-9,16H2,1-4H3. The van der Waals surface area contributed by atoms with Gasteiger partial charge >= 0.3 is 0 Å². The summed E-state index contributed by atoms with van der Waals surface area (Å²) in [6, 6.07) is 5.77. The average molecular weight is 271 g/mol. The number of nitrogens with zero attached hydrogens (tertiary/aromatic N) is 1. The highest BCUT2D eigenvalue weighted by atomic mass is 35.5. The van der Waals surface area contributed by atoms with Crippen molar-refractivity contribution < 1.29 is 4.74 Å². The molecule has 4 heteroatoms. The van der Waals surface area contributed by atoms with Crippen LogP contribution in [0.15, 0.2) is 18.2 Å². The molecule has 0 aliphatic carbocycles. The summed E-state index contributed by atoms with van der Waals surface area (Å²) in [4.78, 5) is 2.23. The van der Waals surface area contributed by atoms with Crippen LogP contribution in [0.4, 0.5) is 0 Å². The molecular formula is C14H23ClN2O. The summed E-state index contributed by atoms with van der Waals surface area (Å²) < 4.78 is 5.40. The van der Waals surface area contributed by atoms with Crippen molar-refractivity contribution in [1.29, 1.82) is 0 Å². The van der Waals surface area contributed by atoms with Crippen LogP contribution in [0.3, 0.4) is 0 Å². The van der Waals surface area contributed by atoms with Crippen LogP contribution < -0.4 is 10.5 Å². The third-order valence-electron chi connectivity index (χ3n) is 2.97. The van der Waals surface area contributed by atoms with Gasteiger partial charge in [0.25, 0.3) is 0 Å². The molecule has 0 saturated heterocycles. The fraction of sp³-hybridized carbons (Fsp3) is 0.571. The summed E-state index contributed by atoms with van der Waals surface area (Å²) in [6.45, 7) is 5.86. The smallest absolute Gasteiger partial charge is 0.125 e. The molecule has 0 saturated carbocycles. The first kappa shape index (κ1) is 15.3. The largest absolute Gasteiger partial charge is 0.496 e. The quantitative estimate of drug-likeness (QED) is 0.864. The molecule has 1 aromatic carbocycles. The third kappa shape index (κ3) is 3.61. The minimum Gasteiger partial charge on any atom is -0.496 e. The van der Waals surface area contributed by atoms with E-state index in [0.29, 0.717) is 17.5 Å². The van der Waals surface area contributed by atoms with Gasteiger partial charge in [0.15, 0.2) is 0 Å². The molecule has 0 aliphatic heterocycles. The van der Waals surface area contributed by atoms with E-state index in [1.807, 2.05) is 18.2 Å². The van der Waals surface area contributed by atoms with E-state index in [0.717, 1.165) is 17.9 Å². The van der Waals surface area contributed by atoms with Gasteiger partial charge in [-0.3, -0.25) is 4.90 Å². The van der Waals surface area contributed by atoms with E-state index in [9.17, 15) is 0 Å². The summed E-state index contributed by atoms with van der Waals surface area (Å²) in [7, 11) is 3.73. The number of hydrogen-bond donors (Lipinski definition) is 1. The van der Waals surface area contributed by atoms with Crippen molar-refractivity contribution in [3.8, 4) is 5.75 Å². The number of halogens is 1. The number of rotatable bonds is 6. The number of likely N-dealkylation sites (N-methyl/N-ethyl adjacent to an activating group) is 1. The van der Waals surface area contributed by atoms with Crippen molar-refractivity contribution in [3.05, 3.63) is 28.8 Å². The number of hydrogen-bond acceptors (Lipinski definition) is 3. The molecule has 1 atom stereocenters. The Kier molecular flexibility index (Phi) is 5.93. The fourth-order valence-corrected chi connectivity index (χ4v) is 2.53. The van der Waals surface area contributed by atoms with Gasteiger partial charge in [0.2, 0.25) is 0 Å². The van der Waals surface area contributed by atoms with Crippen molar-refractivity contribution >= 4 is 11.6 Å². The first-order chi connectivity index (χ1) is 8.51. The molecule has 3 nitrogen and oxygen atoms in total. The van der Waals surface area contributed by atoms with Crippen LogP contribution in [0.1, 0.15) is 25.5 Å². The maximum Gasteiger partial charge on any atom is 0.125 e. The SMILES string of the molecule is COc1cccc(Cl)c1C(CN)N(C)CC(C)C. The van der Waals surface area contributed by atoms with E-state index in [2.05, 4.69) is 25.8 Å². The molecule has 1 unspecified atom stereocenters. The van der Waals surface area contributed by atoms with Crippen molar-refractivity contribution in [2.75, 3.05) is 27.2 Å². The van der Waals surface area contributed by atoms with E-state index in [4.69, 9.17) is 22.1 Å². The lowest BCUT2D eigenvalue weighted by Crippen LogP contribution is -2.33. The summed E-state index contributed by atoms with van der Waals surface area (Å²) in [5, 5.41) is 0.709. The molecule has 0 aliphatic rings. The first-order valence-corrected chi connectivity index (χ1v) is 6.61. The minimum atomic E-state index is 0.0797. The molecule has 0 radical (unpaired) electrons. The first-order valence-electron chi connectivity index (χ1n) is 6.24. The Morgan fingerprint density at radius 1 is 1.39 bits per heavy atom. The predicted octanol–water partition coefficient (Wildman–Crippen LogP) is 2.94. The molecule has 0 bridgehead atoms. The molecule has 18 heavy (non-hydrogen) atoms. The average Bonchev–Trinajstić information content (AvgIpc) is 2.31. The molecule has 1 aromatic rings. The molecule has 0 spiro atoms. The molecular weight excluding hydrogens is 248 g/mol. The molecule has 0 heterocycles. The van der Waals surface area contributed by atoms with Gasteiger partial charge < -0.3 is 10.5 Å². The van der Waals surface area contributed by atoms with Crippen LogP contribution in [0.25, 0.3) is 0 Å². The third-order valence-corrected chi connectivity index (χ3v) is 3.30. The van der Waals surface area contributed by atoms with Crippen molar-refractivity contribution in [3.63, 3.8) is 0 Å². The Labute approximate surface area is 115 Å². The Bertz CT molecular complexity index is 382. The van der Waals surface area contributed by atoms with Crippen molar-refractivity contribution in [1.82, 2.24) is 4.90 Å². The Morgan fingerprint density at radius 3 is 2.56 bits per heavy atom. The second kappa shape index (κ2) is 6.98. The lowest BCUT2D eigenvalue weighted by Gasteiger charge is -2.30. The van der Waals surface area contributed by atoms with E-state index in [1.165, 1.54) is 0 Å². The zero-order valence-electron chi connectivity index (χ0n) is 11.6. The monoisotopic (exact) mass is 270 g/mol. The highest BCUT2D eigenvalue weighted by Crippen LogP contribution is 2.34. The molecule has 0 amide bonds. The van der Waals surface area contributed by atoms with Gasteiger partial charge in [0, 0.05) is 23.7 Å². The normalized spacial score (nSPS) is 13.1. The number of methoxy groups -OCH3 is 1. The lowest BCUT2D eigenvalue weighted by molar-refractivity contribution is 0.219. The van der Waals surface area contributed by atoms with E-state index in [1.54, 1.807) is 7.11 Å². The van der Waals surface area contributed by atoms with Gasteiger partial charge in [-0.15, -0.1) is 0 Å². The molecule has 0 aromatic heterocycles. The van der Waals surface area contributed by atoms with Crippen LogP contribution in [-0.4, -0.2) is 32.1 Å². The number of nitrogens with two attached hydrogens (primary N) is 1. The number of benzene rings is 1. The predicted molar refractivity (Wildman–Crippen MR) is 77.3 cm³/mol. The van der Waals surface area contributed by atoms with Crippen molar-refractivity contribution in [2.24, 2.45) is 11.7 Å². The topological polar surface area (TPSA) is 38.5 Å². The summed E-state index contributed by atoms with van der Waals surface area (Å²) in [5.74, 6) is 1.38. The molecule has 102 valence electrons. The van der Waals surface area contributed by atoms with Crippen LogP contribution >= 0.6 is 11.6 Å². The molecule has 1 rings (SSSR count). The maximum absolute atomic E-state index is 6.30. The Balaban J connectivity index is 3.08. The summed E-state index contributed by atoms with van der Waals surface area (Å²) in [5.41, 5.74) is 6.90. The maximum atomic E-state index is 6.30. The van der Waals surface area contributed by atoms with E-state index >= 15 is 0 Å². The minimum absolute atomic E-state index is 0.0797. The van der Waals surface area contributed by atoms with Crippen LogP contribution in [-0.2, 0) is 0 Å². The second-order valence-electron chi connectivity index (χ2n) is 4.94. The van der Waals surface area contributed by atoms with Crippen LogP contribution in [0.2, 0.25) is 5.02 Å². The van der Waals surface area contributed by atoms with Gasteiger partial charge in [0.1, 0.15) is 5.75 Å². The second-order valence-corrected chi connectivity index (χ2v) is 5.35. The van der Waals surface area contributed by atoms with E-state index in [-0.39, 0.29) is 6.04 Å². The number of ether oxygens (including phenoxy) is 1. The van der Waals surface area contributed by atoms with Crippen molar-refractivity contribution in [2.45, 2.75) is 19.9 Å². The van der Waals surface area contributed by atoms with Gasteiger partial charge in [-0.1, -0.05) is 31.5 Å². The lowest BCUT2D eigenvalue weighted by atomic mass is 10.0. The summed E-state index contributed by atoms with van der Waals surface area (Å²) >= 11 is 6.30. The zero-order chi connectivity index (χ0) is 13.7. The molecule has 2 N–H and O–H groups in total. The highest BCUT2D eigenvalue weighted by molar-refractivity contribution is 6.31. The van der Waals surface area contributed by atoms with Gasteiger partial charge in [-0.05, 0) is 25.1 Å². The highest BCUT2D eigenvalue weighted by Gasteiger charge is 2.22. The fourth-order valence-electron chi connectivity index (χ4n) is 2.24. The van der Waals surface area contributed by atoms with Crippen LogP contribution in [0.5, 0.6) is 5.75 Å². The summed E-state index contributed by atoms with van der Waals surface area (Å²) in [6.07, 6.45) is 0. The van der Waals surface area contributed by atoms with Gasteiger partial charge in [-0.25, -0.2) is 0 Å². The zero-order valence-corrected chi connectivity index (χ0v) is 12.4. The van der Waals surface area contributed by atoms with Crippen LogP contribution in [0, 0.1) is 5.92 Å². The van der Waals surface area contributed by atoms with Gasteiger partial charge in [-0.2, -0.15) is 0 Å². The van der Waals surface area contributed by atoms with Gasteiger partial charge in [0.05, 0.1) is 13.2 Å². The van der Waals surface area contributed by atoms with E-state index < -0.39 is 0 Å².